The summed E-state index contributed by atoms with van der Waals surface area (Å²) >= 11 is 5.26. The molecule has 0 aliphatic carbocycles. The van der Waals surface area contributed by atoms with Crippen LogP contribution in [0.15, 0.2) is 12.1 Å². The number of nitro benzene ring substituents is 1. The van der Waals surface area contributed by atoms with Gasteiger partial charge in [0.15, 0.2) is 5.75 Å². The molecule has 1 rings (SSSR count). The van der Waals surface area contributed by atoms with Gasteiger partial charge in [0, 0.05) is 12.1 Å². The second kappa shape index (κ2) is 4.62. The third kappa shape index (κ3) is 2.58. The number of benzene rings is 1. The molecule has 0 fully saturated rings. The lowest BCUT2D eigenvalue weighted by atomic mass is 10.2. The van der Waals surface area contributed by atoms with Crippen LogP contribution in [0, 0.1) is 27.8 Å². The molecular formula is C9H5ClFNO3. The first kappa shape index (κ1) is 11.3. The van der Waals surface area contributed by atoms with Crippen LogP contribution in [0.2, 0.25) is 0 Å². The Labute approximate surface area is 89.4 Å². The molecule has 78 valence electrons. The minimum absolute atomic E-state index is 0.00584. The van der Waals surface area contributed by atoms with Gasteiger partial charge in [0.25, 0.3) is 0 Å². The average molecular weight is 230 g/mol. The first-order valence-corrected chi connectivity index (χ1v) is 4.31. The first-order chi connectivity index (χ1) is 7.06. The minimum Gasteiger partial charge on any atom is -0.502 e. The summed E-state index contributed by atoms with van der Waals surface area (Å²) in [4.78, 5) is 9.59. The van der Waals surface area contributed by atoms with Gasteiger partial charge in [0.2, 0.25) is 0 Å². The number of alkyl halides is 1. The summed E-state index contributed by atoms with van der Waals surface area (Å²) in [5.41, 5.74) is -0.754. The second-order valence-electron chi connectivity index (χ2n) is 2.51. The Morgan fingerprint density at radius 1 is 1.60 bits per heavy atom. The fourth-order valence-corrected chi connectivity index (χ4v) is 0.989. The average Bonchev–Trinajstić information content (AvgIpc) is 2.16. The largest absolute Gasteiger partial charge is 0.502 e. The molecular weight excluding hydrogens is 225 g/mol. The van der Waals surface area contributed by atoms with Gasteiger partial charge in [0.05, 0.1) is 16.4 Å². The van der Waals surface area contributed by atoms with Crippen molar-refractivity contribution < 1.29 is 14.4 Å². The summed E-state index contributed by atoms with van der Waals surface area (Å²) in [5, 5.41) is 19.5. The fraction of sp³-hybridized carbons (Fsp3) is 0.111. The molecule has 6 heteroatoms. The number of rotatable bonds is 1. The number of nitrogens with zero attached hydrogens (tertiary/aromatic N) is 1. The number of nitro groups is 1. The van der Waals surface area contributed by atoms with Gasteiger partial charge < -0.3 is 5.11 Å². The summed E-state index contributed by atoms with van der Waals surface area (Å²) in [5.74, 6) is 3.12. The highest BCUT2D eigenvalue weighted by atomic mass is 35.5. The molecule has 0 amide bonds. The number of phenolic OH excluding ortho intramolecular Hbond substituents is 1. The molecule has 0 saturated heterocycles. The van der Waals surface area contributed by atoms with Crippen molar-refractivity contribution in [2.45, 2.75) is 0 Å². The number of phenols is 1. The number of halogens is 2. The van der Waals surface area contributed by atoms with Crippen LogP contribution < -0.4 is 0 Å². The van der Waals surface area contributed by atoms with Crippen LogP contribution in [0.1, 0.15) is 5.56 Å². The standard InChI is InChI=1S/C9H5ClFNO3/c10-3-1-2-6-4-8(12(14)15)9(13)5-7(6)11/h4-5,13H,3H2. The van der Waals surface area contributed by atoms with Crippen molar-refractivity contribution in [3.63, 3.8) is 0 Å². The maximum atomic E-state index is 13.1. The molecule has 1 aromatic carbocycles. The lowest BCUT2D eigenvalue weighted by Crippen LogP contribution is -1.92. The molecule has 4 nitrogen and oxygen atoms in total. The highest BCUT2D eigenvalue weighted by Gasteiger charge is 2.16. The quantitative estimate of drug-likeness (QED) is 0.347. The van der Waals surface area contributed by atoms with Crippen LogP contribution in [-0.2, 0) is 0 Å². The summed E-state index contributed by atoms with van der Waals surface area (Å²) in [6, 6.07) is 1.51. The molecule has 0 saturated carbocycles. The molecule has 1 aromatic rings. The Hall–Kier alpha value is -1.80. The first-order valence-electron chi connectivity index (χ1n) is 3.78. The predicted molar refractivity (Wildman–Crippen MR) is 52.3 cm³/mol. The van der Waals surface area contributed by atoms with Gasteiger partial charge in [-0.1, -0.05) is 11.8 Å². The zero-order valence-corrected chi connectivity index (χ0v) is 8.08. The Morgan fingerprint density at radius 2 is 2.27 bits per heavy atom. The molecule has 1 N–H and O–H groups in total. The van der Waals surface area contributed by atoms with E-state index in [4.69, 9.17) is 16.7 Å². The van der Waals surface area contributed by atoms with Crippen molar-refractivity contribution in [1.82, 2.24) is 0 Å². The highest BCUT2D eigenvalue weighted by Crippen LogP contribution is 2.28. The monoisotopic (exact) mass is 229 g/mol. The smallest absolute Gasteiger partial charge is 0.312 e. The van der Waals surface area contributed by atoms with E-state index in [0.717, 1.165) is 6.07 Å². The molecule has 0 radical (unpaired) electrons. The summed E-state index contributed by atoms with van der Waals surface area (Å²) in [6.45, 7) is 0. The molecule has 0 aliphatic heterocycles. The number of aromatic hydroxyl groups is 1. The molecule has 0 unspecified atom stereocenters. The summed E-state index contributed by atoms with van der Waals surface area (Å²) in [6.07, 6.45) is 0. The molecule has 15 heavy (non-hydrogen) atoms. The van der Waals surface area contributed by atoms with Crippen molar-refractivity contribution in [1.29, 1.82) is 0 Å². The van der Waals surface area contributed by atoms with Gasteiger partial charge >= 0.3 is 5.69 Å². The topological polar surface area (TPSA) is 63.4 Å². The van der Waals surface area contributed by atoms with Crippen LogP contribution in [0.3, 0.4) is 0 Å². The van der Waals surface area contributed by atoms with E-state index in [0.29, 0.717) is 6.07 Å². The van der Waals surface area contributed by atoms with Crippen LogP contribution in [0.5, 0.6) is 5.75 Å². The zero-order chi connectivity index (χ0) is 11.4. The van der Waals surface area contributed by atoms with Crippen molar-refractivity contribution in [3.8, 4) is 17.6 Å². The Morgan fingerprint density at radius 3 is 2.80 bits per heavy atom. The van der Waals surface area contributed by atoms with Gasteiger partial charge in [-0.25, -0.2) is 4.39 Å². The lowest BCUT2D eigenvalue weighted by molar-refractivity contribution is -0.385. The van der Waals surface area contributed by atoms with E-state index < -0.39 is 22.2 Å². The van der Waals surface area contributed by atoms with Gasteiger partial charge in [0.1, 0.15) is 5.82 Å². The van der Waals surface area contributed by atoms with Gasteiger partial charge in [-0.05, 0) is 0 Å². The van der Waals surface area contributed by atoms with Crippen molar-refractivity contribution in [2.24, 2.45) is 0 Å². The molecule has 0 aliphatic rings. The molecule has 0 atom stereocenters. The SMILES string of the molecule is O=[N+]([O-])c1cc(C#CCCl)c(F)cc1O. The maximum Gasteiger partial charge on any atom is 0.312 e. The van der Waals surface area contributed by atoms with Gasteiger partial charge in [-0.3, -0.25) is 10.1 Å². The highest BCUT2D eigenvalue weighted by molar-refractivity contribution is 6.19. The van der Waals surface area contributed by atoms with Crippen LogP contribution in [-0.4, -0.2) is 15.9 Å². The van der Waals surface area contributed by atoms with Crippen molar-refractivity contribution in [2.75, 3.05) is 5.88 Å². The molecule has 0 spiro atoms. The minimum atomic E-state index is -0.823. The molecule has 0 aromatic heterocycles. The van der Waals surface area contributed by atoms with Crippen LogP contribution in [0.4, 0.5) is 10.1 Å². The van der Waals surface area contributed by atoms with E-state index in [2.05, 4.69) is 11.8 Å². The Bertz CT molecular complexity index is 464. The number of hydrogen-bond donors (Lipinski definition) is 1. The van der Waals surface area contributed by atoms with Crippen molar-refractivity contribution in [3.05, 3.63) is 33.6 Å². The number of hydrogen-bond acceptors (Lipinski definition) is 3. The fourth-order valence-electron chi connectivity index (χ4n) is 0.922. The van der Waals surface area contributed by atoms with Crippen LogP contribution in [0.25, 0.3) is 0 Å². The van der Waals surface area contributed by atoms with E-state index in [1.165, 1.54) is 0 Å². The third-order valence-corrected chi connectivity index (χ3v) is 1.68. The van der Waals surface area contributed by atoms with E-state index >= 15 is 0 Å². The van der Waals surface area contributed by atoms with Crippen molar-refractivity contribution >= 4 is 17.3 Å². The Kier molecular flexibility index (Phi) is 3.47. The predicted octanol–water partition coefficient (Wildman–Crippen LogP) is 2.03. The van der Waals surface area contributed by atoms with E-state index in [9.17, 15) is 14.5 Å². The molecule has 0 bridgehead atoms. The summed E-state index contributed by atoms with van der Waals surface area (Å²) < 4.78 is 13.1. The van der Waals surface area contributed by atoms with E-state index in [1.807, 2.05) is 0 Å². The Balaban J connectivity index is 3.29. The molecule has 0 heterocycles. The zero-order valence-electron chi connectivity index (χ0n) is 7.33. The second-order valence-corrected chi connectivity index (χ2v) is 2.78. The van der Waals surface area contributed by atoms with Gasteiger partial charge in [-0.15, -0.1) is 11.6 Å². The van der Waals surface area contributed by atoms with E-state index in [1.54, 1.807) is 0 Å². The van der Waals surface area contributed by atoms with Gasteiger partial charge in [-0.2, -0.15) is 0 Å². The third-order valence-electron chi connectivity index (χ3n) is 1.55. The maximum absolute atomic E-state index is 13.1. The summed E-state index contributed by atoms with van der Waals surface area (Å²) in [7, 11) is 0. The lowest BCUT2D eigenvalue weighted by Gasteiger charge is -1.98. The normalized spacial score (nSPS) is 9.20. The van der Waals surface area contributed by atoms with Crippen LogP contribution >= 0.6 is 11.6 Å². The van der Waals surface area contributed by atoms with E-state index in [-0.39, 0.29) is 11.4 Å².